The molecule has 2 atom stereocenters. The van der Waals surface area contributed by atoms with Crippen LogP contribution in [0.15, 0.2) is 6.07 Å². The van der Waals surface area contributed by atoms with Crippen LogP contribution in [0.4, 0.5) is 5.82 Å². The summed E-state index contributed by atoms with van der Waals surface area (Å²) < 4.78 is 5.76. The molecule has 1 aromatic rings. The van der Waals surface area contributed by atoms with Gasteiger partial charge in [-0.1, -0.05) is 13.8 Å². The first kappa shape index (κ1) is 13.3. The first-order valence-electron chi connectivity index (χ1n) is 6.71. The number of morpholine rings is 1. The Balaban J connectivity index is 2.26. The van der Waals surface area contributed by atoms with Crippen molar-refractivity contribution in [2.45, 2.75) is 52.7 Å². The van der Waals surface area contributed by atoms with Crippen molar-refractivity contribution in [3.63, 3.8) is 0 Å². The largest absolute Gasteiger partial charge is 0.372 e. The predicted molar refractivity (Wildman–Crippen MR) is 73.1 cm³/mol. The number of hydrogen-bond donors (Lipinski definition) is 0. The molecule has 1 aromatic heterocycles. The van der Waals surface area contributed by atoms with Crippen molar-refractivity contribution in [3.8, 4) is 0 Å². The lowest BCUT2D eigenvalue weighted by molar-refractivity contribution is -0.00548. The summed E-state index contributed by atoms with van der Waals surface area (Å²) in [6.07, 6.45) is 0.512. The zero-order valence-electron chi connectivity index (χ0n) is 12.0. The van der Waals surface area contributed by atoms with Gasteiger partial charge in [0.2, 0.25) is 0 Å². The fraction of sp³-hybridized carbons (Fsp3) is 0.714. The highest BCUT2D eigenvalue weighted by atomic mass is 16.5. The molecular weight excluding hydrogens is 226 g/mol. The fourth-order valence-electron chi connectivity index (χ4n) is 2.36. The van der Waals surface area contributed by atoms with Crippen LogP contribution in [-0.4, -0.2) is 35.3 Å². The minimum atomic E-state index is 0.256. The van der Waals surface area contributed by atoms with Crippen LogP contribution in [0.5, 0.6) is 0 Å². The minimum Gasteiger partial charge on any atom is -0.372 e. The van der Waals surface area contributed by atoms with Gasteiger partial charge in [0.15, 0.2) is 0 Å². The van der Waals surface area contributed by atoms with Crippen molar-refractivity contribution in [1.82, 2.24) is 9.97 Å². The van der Waals surface area contributed by atoms with Crippen molar-refractivity contribution >= 4 is 5.82 Å². The van der Waals surface area contributed by atoms with E-state index in [4.69, 9.17) is 4.74 Å². The third kappa shape index (κ3) is 2.99. The van der Waals surface area contributed by atoms with E-state index in [1.165, 1.54) is 0 Å². The van der Waals surface area contributed by atoms with E-state index < -0.39 is 0 Å². The van der Waals surface area contributed by atoms with Crippen molar-refractivity contribution in [3.05, 3.63) is 17.6 Å². The number of aromatic nitrogens is 2. The van der Waals surface area contributed by atoms with Gasteiger partial charge < -0.3 is 9.64 Å². The normalized spacial score (nSPS) is 24.7. The zero-order chi connectivity index (χ0) is 13.3. The Morgan fingerprint density at radius 2 is 1.83 bits per heavy atom. The van der Waals surface area contributed by atoms with Crippen LogP contribution in [0.2, 0.25) is 0 Å². The Bertz CT molecular complexity index is 410. The van der Waals surface area contributed by atoms with E-state index in [1.54, 1.807) is 0 Å². The summed E-state index contributed by atoms with van der Waals surface area (Å²) in [7, 11) is 0. The number of rotatable bonds is 2. The van der Waals surface area contributed by atoms with Gasteiger partial charge in [0.05, 0.1) is 12.2 Å². The Kier molecular flexibility index (Phi) is 3.85. The zero-order valence-corrected chi connectivity index (χ0v) is 12.0. The molecule has 0 aromatic carbocycles. The summed E-state index contributed by atoms with van der Waals surface area (Å²) in [4.78, 5) is 11.5. The van der Waals surface area contributed by atoms with Gasteiger partial charge in [0, 0.05) is 30.8 Å². The summed E-state index contributed by atoms with van der Waals surface area (Å²) in [5.41, 5.74) is 1.04. The fourth-order valence-corrected chi connectivity index (χ4v) is 2.36. The molecule has 0 saturated carbocycles. The molecule has 2 rings (SSSR count). The van der Waals surface area contributed by atoms with E-state index >= 15 is 0 Å². The lowest BCUT2D eigenvalue weighted by Crippen LogP contribution is -2.46. The lowest BCUT2D eigenvalue weighted by Gasteiger charge is -2.36. The molecule has 2 heterocycles. The van der Waals surface area contributed by atoms with Gasteiger partial charge in [0.1, 0.15) is 11.6 Å². The first-order chi connectivity index (χ1) is 8.45. The van der Waals surface area contributed by atoms with Gasteiger partial charge in [-0.3, -0.25) is 0 Å². The van der Waals surface area contributed by atoms with Crippen LogP contribution in [0.1, 0.15) is 45.1 Å². The first-order valence-corrected chi connectivity index (χ1v) is 6.71. The van der Waals surface area contributed by atoms with Crippen LogP contribution in [0.25, 0.3) is 0 Å². The predicted octanol–water partition coefficient (Wildman–Crippen LogP) is 2.52. The number of ether oxygens (including phenoxy) is 1. The molecule has 0 unspecified atom stereocenters. The second-order valence-corrected chi connectivity index (χ2v) is 5.54. The number of aryl methyl sites for hydroxylation is 1. The van der Waals surface area contributed by atoms with Crippen molar-refractivity contribution in [2.75, 3.05) is 18.0 Å². The summed E-state index contributed by atoms with van der Waals surface area (Å²) >= 11 is 0. The molecule has 4 heteroatoms. The maximum Gasteiger partial charge on any atom is 0.133 e. The third-order valence-corrected chi connectivity index (χ3v) is 3.12. The molecule has 0 bridgehead atoms. The summed E-state index contributed by atoms with van der Waals surface area (Å²) in [6.45, 7) is 12.3. The summed E-state index contributed by atoms with van der Waals surface area (Å²) in [6, 6.07) is 2.07. The Morgan fingerprint density at radius 1 is 1.22 bits per heavy atom. The number of nitrogens with zero attached hydrogens (tertiary/aromatic N) is 3. The molecule has 1 aliphatic heterocycles. The SMILES string of the molecule is Cc1cc(N2C[C@@H](C)O[C@@H](C)C2)nc(C(C)C)n1. The smallest absolute Gasteiger partial charge is 0.133 e. The van der Waals surface area contributed by atoms with Crippen LogP contribution < -0.4 is 4.90 Å². The second-order valence-electron chi connectivity index (χ2n) is 5.54. The van der Waals surface area contributed by atoms with E-state index in [0.29, 0.717) is 5.92 Å². The average molecular weight is 249 g/mol. The molecule has 1 fully saturated rings. The Hall–Kier alpha value is -1.16. The van der Waals surface area contributed by atoms with E-state index in [1.807, 2.05) is 6.92 Å². The van der Waals surface area contributed by atoms with Gasteiger partial charge in [-0.2, -0.15) is 0 Å². The molecule has 1 saturated heterocycles. The van der Waals surface area contributed by atoms with Gasteiger partial charge in [-0.15, -0.1) is 0 Å². The second kappa shape index (κ2) is 5.22. The highest BCUT2D eigenvalue weighted by Gasteiger charge is 2.23. The number of hydrogen-bond acceptors (Lipinski definition) is 4. The molecule has 0 N–H and O–H groups in total. The monoisotopic (exact) mass is 249 g/mol. The van der Waals surface area contributed by atoms with Gasteiger partial charge in [-0.05, 0) is 20.8 Å². The van der Waals surface area contributed by atoms with Crippen molar-refractivity contribution in [2.24, 2.45) is 0 Å². The molecule has 0 amide bonds. The van der Waals surface area contributed by atoms with Crippen LogP contribution in [-0.2, 0) is 4.74 Å². The van der Waals surface area contributed by atoms with E-state index in [9.17, 15) is 0 Å². The molecule has 0 spiro atoms. The molecule has 18 heavy (non-hydrogen) atoms. The average Bonchev–Trinajstić information content (AvgIpc) is 2.26. The molecular formula is C14H23N3O. The van der Waals surface area contributed by atoms with E-state index in [2.05, 4.69) is 48.6 Å². The van der Waals surface area contributed by atoms with Gasteiger partial charge >= 0.3 is 0 Å². The molecule has 0 aliphatic carbocycles. The summed E-state index contributed by atoms with van der Waals surface area (Å²) in [5.74, 6) is 2.32. The van der Waals surface area contributed by atoms with Crippen LogP contribution in [0, 0.1) is 6.92 Å². The maximum atomic E-state index is 5.76. The highest BCUT2D eigenvalue weighted by molar-refractivity contribution is 5.40. The summed E-state index contributed by atoms with van der Waals surface area (Å²) in [5, 5.41) is 0. The molecule has 100 valence electrons. The maximum absolute atomic E-state index is 5.76. The van der Waals surface area contributed by atoms with E-state index in [-0.39, 0.29) is 12.2 Å². The molecule has 1 aliphatic rings. The van der Waals surface area contributed by atoms with Gasteiger partial charge in [0.25, 0.3) is 0 Å². The van der Waals surface area contributed by atoms with Crippen molar-refractivity contribution < 1.29 is 4.74 Å². The van der Waals surface area contributed by atoms with Gasteiger partial charge in [-0.25, -0.2) is 9.97 Å². The molecule has 4 nitrogen and oxygen atoms in total. The Labute approximate surface area is 109 Å². The standard InChI is InChI=1S/C14H23N3O/c1-9(2)14-15-10(3)6-13(16-14)17-7-11(4)18-12(5)8-17/h6,9,11-12H,7-8H2,1-5H3/t11-,12+. The highest BCUT2D eigenvalue weighted by Crippen LogP contribution is 2.21. The van der Waals surface area contributed by atoms with Crippen molar-refractivity contribution in [1.29, 1.82) is 0 Å². The quantitative estimate of drug-likeness (QED) is 0.807. The van der Waals surface area contributed by atoms with Crippen LogP contribution >= 0.6 is 0 Å². The topological polar surface area (TPSA) is 38.2 Å². The third-order valence-electron chi connectivity index (χ3n) is 3.12. The molecule has 0 radical (unpaired) electrons. The Morgan fingerprint density at radius 3 is 2.39 bits per heavy atom. The number of anilines is 1. The minimum absolute atomic E-state index is 0.256. The van der Waals surface area contributed by atoms with E-state index in [0.717, 1.165) is 30.4 Å². The van der Waals surface area contributed by atoms with Crippen LogP contribution in [0.3, 0.4) is 0 Å². The lowest BCUT2D eigenvalue weighted by atomic mass is 10.2.